The number of benzene rings is 3. The number of carbonyl (C=O) groups excluding carboxylic acids is 1. The van der Waals surface area contributed by atoms with Crippen molar-refractivity contribution in [1.82, 2.24) is 4.90 Å². The molecule has 1 saturated heterocycles. The van der Waals surface area contributed by atoms with Gasteiger partial charge in [-0.3, -0.25) is 4.79 Å². The van der Waals surface area contributed by atoms with E-state index in [4.69, 9.17) is 0 Å². The summed E-state index contributed by atoms with van der Waals surface area (Å²) < 4.78 is 0. The second kappa shape index (κ2) is 7.20. The van der Waals surface area contributed by atoms with E-state index in [1.807, 2.05) is 30.3 Å². The lowest BCUT2D eigenvalue weighted by molar-refractivity contribution is 0.0969. The molecule has 4 rings (SSSR count). The summed E-state index contributed by atoms with van der Waals surface area (Å²) in [7, 11) is 0. The van der Waals surface area contributed by atoms with E-state index in [0.717, 1.165) is 30.6 Å². The number of nitrogens with zero attached hydrogens (tertiary/aromatic N) is 1. The van der Waals surface area contributed by atoms with E-state index in [2.05, 4.69) is 47.4 Å². The first-order chi connectivity index (χ1) is 12.3. The second-order valence-electron chi connectivity index (χ2n) is 6.93. The summed E-state index contributed by atoms with van der Waals surface area (Å²) >= 11 is 0. The highest BCUT2D eigenvalue weighted by atomic mass is 16.1. The molecule has 0 spiro atoms. The van der Waals surface area contributed by atoms with Crippen LogP contribution >= 0.6 is 0 Å². The van der Waals surface area contributed by atoms with Crippen LogP contribution in [0.1, 0.15) is 34.7 Å². The molecule has 3 aromatic rings. The molecule has 0 radical (unpaired) electrons. The minimum atomic E-state index is 0.244. The zero-order chi connectivity index (χ0) is 17.1. The third kappa shape index (κ3) is 3.64. The van der Waals surface area contributed by atoms with Crippen LogP contribution in [0.2, 0.25) is 0 Å². The van der Waals surface area contributed by atoms with Gasteiger partial charge in [0.1, 0.15) is 0 Å². The number of ketones is 1. The van der Waals surface area contributed by atoms with Crippen LogP contribution in [-0.2, 0) is 0 Å². The standard InChI is InChI=1S/C23H23NO/c25-23(21-11-10-19-8-4-5-9-20(19)16-21)13-15-24-14-12-22(17-24)18-6-2-1-3-7-18/h1-11,16,22H,12-15,17H2/t22-/m0/s1. The molecule has 1 atom stereocenters. The molecule has 0 N–H and O–H groups in total. The fourth-order valence-electron chi connectivity index (χ4n) is 3.80. The van der Waals surface area contributed by atoms with Gasteiger partial charge < -0.3 is 4.90 Å². The van der Waals surface area contributed by atoms with E-state index in [0.29, 0.717) is 12.3 Å². The van der Waals surface area contributed by atoms with Crippen molar-refractivity contribution in [3.05, 3.63) is 83.9 Å². The lowest BCUT2D eigenvalue weighted by Crippen LogP contribution is -2.23. The van der Waals surface area contributed by atoms with Crippen molar-refractivity contribution < 1.29 is 4.79 Å². The van der Waals surface area contributed by atoms with Gasteiger partial charge in [-0.1, -0.05) is 66.7 Å². The van der Waals surface area contributed by atoms with Gasteiger partial charge >= 0.3 is 0 Å². The molecule has 1 heterocycles. The molecular weight excluding hydrogens is 306 g/mol. The minimum Gasteiger partial charge on any atom is -0.302 e. The van der Waals surface area contributed by atoms with E-state index in [9.17, 15) is 4.79 Å². The number of hydrogen-bond acceptors (Lipinski definition) is 2. The molecule has 0 aliphatic carbocycles. The van der Waals surface area contributed by atoms with E-state index < -0.39 is 0 Å². The fraction of sp³-hybridized carbons (Fsp3) is 0.261. The molecule has 3 aromatic carbocycles. The number of fused-ring (bicyclic) bond motifs is 1. The van der Waals surface area contributed by atoms with Crippen molar-refractivity contribution in [3.63, 3.8) is 0 Å². The summed E-state index contributed by atoms with van der Waals surface area (Å²) in [5.41, 5.74) is 2.25. The molecule has 0 unspecified atom stereocenters. The topological polar surface area (TPSA) is 20.3 Å². The van der Waals surface area contributed by atoms with Crippen LogP contribution in [0.5, 0.6) is 0 Å². The van der Waals surface area contributed by atoms with Gasteiger partial charge in [0.15, 0.2) is 5.78 Å². The smallest absolute Gasteiger partial charge is 0.164 e. The second-order valence-corrected chi connectivity index (χ2v) is 6.93. The maximum Gasteiger partial charge on any atom is 0.164 e. The Bertz CT molecular complexity index is 871. The normalized spacial score (nSPS) is 17.8. The monoisotopic (exact) mass is 329 g/mol. The van der Waals surface area contributed by atoms with Gasteiger partial charge in [-0.05, 0) is 41.3 Å². The molecule has 126 valence electrons. The molecule has 1 aliphatic heterocycles. The summed E-state index contributed by atoms with van der Waals surface area (Å²) in [4.78, 5) is 15.0. The Kier molecular flexibility index (Phi) is 4.62. The fourth-order valence-corrected chi connectivity index (χ4v) is 3.80. The Balaban J connectivity index is 1.35. The highest BCUT2D eigenvalue weighted by Gasteiger charge is 2.23. The molecule has 2 heteroatoms. The van der Waals surface area contributed by atoms with Crippen LogP contribution in [0.4, 0.5) is 0 Å². The Morgan fingerprint density at radius 3 is 2.52 bits per heavy atom. The predicted molar refractivity (Wildman–Crippen MR) is 103 cm³/mol. The van der Waals surface area contributed by atoms with E-state index in [1.165, 1.54) is 17.4 Å². The van der Waals surface area contributed by atoms with Crippen LogP contribution in [0.15, 0.2) is 72.8 Å². The zero-order valence-electron chi connectivity index (χ0n) is 14.4. The average Bonchev–Trinajstić information content (AvgIpc) is 3.15. The first kappa shape index (κ1) is 16.0. The van der Waals surface area contributed by atoms with Crippen LogP contribution in [-0.4, -0.2) is 30.3 Å². The molecule has 25 heavy (non-hydrogen) atoms. The van der Waals surface area contributed by atoms with Gasteiger partial charge in [-0.25, -0.2) is 0 Å². The molecule has 0 amide bonds. The highest BCUT2D eigenvalue weighted by Crippen LogP contribution is 2.27. The summed E-state index contributed by atoms with van der Waals surface area (Å²) in [6.45, 7) is 3.01. The largest absolute Gasteiger partial charge is 0.302 e. The number of rotatable bonds is 5. The molecule has 2 nitrogen and oxygen atoms in total. The number of carbonyl (C=O) groups is 1. The lowest BCUT2D eigenvalue weighted by Gasteiger charge is -2.15. The Morgan fingerprint density at radius 1 is 0.920 bits per heavy atom. The van der Waals surface area contributed by atoms with Crippen LogP contribution < -0.4 is 0 Å². The molecule has 0 bridgehead atoms. The summed E-state index contributed by atoms with van der Waals surface area (Å²) in [6.07, 6.45) is 1.79. The van der Waals surface area contributed by atoms with Crippen molar-refractivity contribution in [1.29, 1.82) is 0 Å². The molecule has 0 aromatic heterocycles. The molecule has 1 fully saturated rings. The van der Waals surface area contributed by atoms with Gasteiger partial charge in [0.2, 0.25) is 0 Å². The quantitative estimate of drug-likeness (QED) is 0.620. The van der Waals surface area contributed by atoms with Gasteiger partial charge in [0, 0.05) is 25.1 Å². The predicted octanol–water partition coefficient (Wildman–Crippen LogP) is 4.90. The summed E-state index contributed by atoms with van der Waals surface area (Å²) in [6, 6.07) is 24.9. The summed E-state index contributed by atoms with van der Waals surface area (Å²) in [5.74, 6) is 0.853. The maximum atomic E-state index is 12.6. The minimum absolute atomic E-state index is 0.244. The average molecular weight is 329 g/mol. The number of likely N-dealkylation sites (tertiary alicyclic amines) is 1. The number of hydrogen-bond donors (Lipinski definition) is 0. The van der Waals surface area contributed by atoms with Gasteiger partial charge in [-0.15, -0.1) is 0 Å². The Morgan fingerprint density at radius 2 is 1.68 bits per heavy atom. The van der Waals surface area contributed by atoms with Gasteiger partial charge in [-0.2, -0.15) is 0 Å². The van der Waals surface area contributed by atoms with Gasteiger partial charge in [0.25, 0.3) is 0 Å². The van der Waals surface area contributed by atoms with Crippen molar-refractivity contribution in [3.8, 4) is 0 Å². The van der Waals surface area contributed by atoms with Crippen molar-refractivity contribution in [2.45, 2.75) is 18.8 Å². The first-order valence-corrected chi connectivity index (χ1v) is 9.09. The molecular formula is C23H23NO. The highest BCUT2D eigenvalue weighted by molar-refractivity contribution is 6.00. The van der Waals surface area contributed by atoms with Crippen LogP contribution in [0, 0.1) is 0 Å². The van der Waals surface area contributed by atoms with Crippen molar-refractivity contribution >= 4 is 16.6 Å². The van der Waals surface area contributed by atoms with Crippen molar-refractivity contribution in [2.24, 2.45) is 0 Å². The van der Waals surface area contributed by atoms with E-state index in [1.54, 1.807) is 0 Å². The molecule has 1 aliphatic rings. The third-order valence-corrected chi connectivity index (χ3v) is 5.27. The number of Topliss-reactive ketones (excluding diaryl/α,β-unsaturated/α-hetero) is 1. The SMILES string of the molecule is O=C(CCN1CC[C@H](c2ccccc2)C1)c1ccc2ccccc2c1. The maximum absolute atomic E-state index is 12.6. The zero-order valence-corrected chi connectivity index (χ0v) is 14.4. The third-order valence-electron chi connectivity index (χ3n) is 5.27. The van der Waals surface area contributed by atoms with Crippen molar-refractivity contribution in [2.75, 3.05) is 19.6 Å². The Hall–Kier alpha value is -2.45. The van der Waals surface area contributed by atoms with Gasteiger partial charge in [0.05, 0.1) is 0 Å². The first-order valence-electron chi connectivity index (χ1n) is 9.09. The lowest BCUT2D eigenvalue weighted by atomic mass is 9.99. The van der Waals surface area contributed by atoms with E-state index >= 15 is 0 Å². The molecule has 0 saturated carbocycles. The van der Waals surface area contributed by atoms with Crippen LogP contribution in [0.3, 0.4) is 0 Å². The Labute approximate surface area is 149 Å². The van der Waals surface area contributed by atoms with Crippen LogP contribution in [0.25, 0.3) is 10.8 Å². The van der Waals surface area contributed by atoms with E-state index in [-0.39, 0.29) is 5.78 Å². The summed E-state index contributed by atoms with van der Waals surface area (Å²) in [5, 5.41) is 2.32.